The molecule has 5 heteroatoms. The molecular formula is C6H7Cl4N. The molecule has 0 aliphatic rings. The summed E-state index contributed by atoms with van der Waals surface area (Å²) in [6.07, 6.45) is 2.53. The first-order valence-corrected chi connectivity index (χ1v) is 4.16. The molecule has 0 aliphatic carbocycles. The van der Waals surface area contributed by atoms with Gasteiger partial charge in [-0.3, -0.25) is 0 Å². The van der Waals surface area contributed by atoms with Crippen LogP contribution in [0.15, 0.2) is 25.3 Å². The van der Waals surface area contributed by atoms with Gasteiger partial charge in [0.05, 0.1) is 0 Å². The molecule has 0 aromatic carbocycles. The highest BCUT2D eigenvalue weighted by molar-refractivity contribution is 6.53. The van der Waals surface area contributed by atoms with Crippen LogP contribution in [-0.2, 0) is 0 Å². The van der Waals surface area contributed by atoms with Crippen molar-refractivity contribution < 1.29 is 0 Å². The van der Waals surface area contributed by atoms with E-state index < -0.39 is 8.91 Å². The summed E-state index contributed by atoms with van der Waals surface area (Å²) in [6, 6.07) is 0. The molecule has 0 heterocycles. The Morgan fingerprint density at radius 2 is 1.18 bits per heavy atom. The number of nitrogens with one attached hydrogen (secondary N) is 1. The quantitative estimate of drug-likeness (QED) is 0.448. The fourth-order valence-electron chi connectivity index (χ4n) is 0.324. The molecule has 0 spiro atoms. The van der Waals surface area contributed by atoms with E-state index in [1.807, 2.05) is 0 Å². The van der Waals surface area contributed by atoms with E-state index in [0.29, 0.717) is 0 Å². The predicted molar refractivity (Wildman–Crippen MR) is 52.4 cm³/mol. The maximum absolute atomic E-state index is 5.60. The van der Waals surface area contributed by atoms with E-state index in [4.69, 9.17) is 46.4 Å². The Hall–Kier alpha value is 0.600. The second-order valence-electron chi connectivity index (χ2n) is 1.78. The average Bonchev–Trinajstić information content (AvgIpc) is 1.86. The first-order valence-electron chi connectivity index (χ1n) is 2.65. The van der Waals surface area contributed by atoms with E-state index in [1.54, 1.807) is 0 Å². The number of halogens is 4. The molecule has 0 saturated heterocycles. The van der Waals surface area contributed by atoms with E-state index in [-0.39, 0.29) is 0 Å². The summed E-state index contributed by atoms with van der Waals surface area (Å²) >= 11 is 22.4. The van der Waals surface area contributed by atoms with Gasteiger partial charge in [-0.15, -0.1) is 0 Å². The SMILES string of the molecule is C=CC(Cl)(Cl)NC(Cl)(Cl)C=C. The molecule has 0 aromatic heterocycles. The molecule has 0 atom stereocenters. The van der Waals surface area contributed by atoms with Crippen LogP contribution in [0.1, 0.15) is 0 Å². The van der Waals surface area contributed by atoms with Crippen LogP contribution >= 0.6 is 46.4 Å². The van der Waals surface area contributed by atoms with Gasteiger partial charge in [-0.05, 0) is 12.2 Å². The maximum Gasteiger partial charge on any atom is 0.190 e. The lowest BCUT2D eigenvalue weighted by atomic mass is 10.5. The average molecular weight is 235 g/mol. The number of hydrogen-bond acceptors (Lipinski definition) is 1. The van der Waals surface area contributed by atoms with Crippen molar-refractivity contribution in [3.05, 3.63) is 25.3 Å². The van der Waals surface area contributed by atoms with Crippen molar-refractivity contribution in [1.82, 2.24) is 5.32 Å². The minimum atomic E-state index is -1.35. The zero-order valence-corrected chi connectivity index (χ0v) is 8.60. The molecule has 0 radical (unpaired) electrons. The molecule has 0 unspecified atom stereocenters. The van der Waals surface area contributed by atoms with Crippen LogP contribution in [0.5, 0.6) is 0 Å². The van der Waals surface area contributed by atoms with Crippen LogP contribution in [0.4, 0.5) is 0 Å². The van der Waals surface area contributed by atoms with Crippen molar-refractivity contribution >= 4 is 46.4 Å². The van der Waals surface area contributed by atoms with Crippen LogP contribution in [0, 0.1) is 0 Å². The third-order valence-corrected chi connectivity index (χ3v) is 1.84. The van der Waals surface area contributed by atoms with Crippen LogP contribution in [0.2, 0.25) is 0 Å². The molecule has 64 valence electrons. The summed E-state index contributed by atoms with van der Waals surface area (Å²) in [5.41, 5.74) is 0. The second-order valence-corrected chi connectivity index (χ2v) is 4.55. The summed E-state index contributed by atoms with van der Waals surface area (Å²) in [6.45, 7) is 6.75. The van der Waals surface area contributed by atoms with Crippen molar-refractivity contribution in [2.75, 3.05) is 0 Å². The molecule has 0 rings (SSSR count). The first-order chi connectivity index (χ1) is 4.83. The fraction of sp³-hybridized carbons (Fsp3) is 0.333. The van der Waals surface area contributed by atoms with Crippen molar-refractivity contribution in [1.29, 1.82) is 0 Å². The normalized spacial score (nSPS) is 12.7. The number of rotatable bonds is 4. The fourth-order valence-corrected chi connectivity index (χ4v) is 1.11. The Kier molecular flexibility index (Phi) is 4.23. The largest absolute Gasteiger partial charge is 0.248 e. The van der Waals surface area contributed by atoms with Gasteiger partial charge in [-0.1, -0.05) is 59.6 Å². The molecule has 0 amide bonds. The molecule has 0 fully saturated rings. The second kappa shape index (κ2) is 4.01. The minimum Gasteiger partial charge on any atom is -0.248 e. The minimum absolute atomic E-state index is 1.26. The van der Waals surface area contributed by atoms with Gasteiger partial charge in [-0.2, -0.15) is 0 Å². The molecule has 11 heavy (non-hydrogen) atoms. The smallest absolute Gasteiger partial charge is 0.190 e. The Labute approximate surface area is 85.9 Å². The van der Waals surface area contributed by atoms with E-state index in [9.17, 15) is 0 Å². The lowest BCUT2D eigenvalue weighted by Gasteiger charge is -2.24. The molecule has 1 N–H and O–H groups in total. The molecule has 1 nitrogen and oxygen atoms in total. The van der Waals surface area contributed by atoms with Gasteiger partial charge < -0.3 is 0 Å². The van der Waals surface area contributed by atoms with Gasteiger partial charge >= 0.3 is 0 Å². The Morgan fingerprint density at radius 1 is 0.909 bits per heavy atom. The molecule has 0 saturated carbocycles. The van der Waals surface area contributed by atoms with Gasteiger partial charge in [0.15, 0.2) is 8.91 Å². The number of hydrogen-bond donors (Lipinski definition) is 1. The third-order valence-electron chi connectivity index (χ3n) is 0.846. The summed E-state index contributed by atoms with van der Waals surface area (Å²) in [5.74, 6) is 0. The first kappa shape index (κ1) is 11.6. The maximum atomic E-state index is 5.60. The van der Waals surface area contributed by atoms with Crippen molar-refractivity contribution in [2.45, 2.75) is 8.91 Å². The highest BCUT2D eigenvalue weighted by Gasteiger charge is 2.30. The molecule has 0 bridgehead atoms. The van der Waals surface area contributed by atoms with Crippen molar-refractivity contribution in [2.24, 2.45) is 0 Å². The summed E-state index contributed by atoms with van der Waals surface area (Å²) < 4.78 is -2.70. The lowest BCUT2D eigenvalue weighted by Crippen LogP contribution is -2.43. The highest BCUT2D eigenvalue weighted by Crippen LogP contribution is 2.27. The van der Waals surface area contributed by atoms with Crippen LogP contribution < -0.4 is 5.32 Å². The third kappa shape index (κ3) is 4.94. The van der Waals surface area contributed by atoms with Gasteiger partial charge in [0.2, 0.25) is 0 Å². The van der Waals surface area contributed by atoms with Crippen LogP contribution in [0.25, 0.3) is 0 Å². The Morgan fingerprint density at radius 3 is 1.36 bits per heavy atom. The van der Waals surface area contributed by atoms with Gasteiger partial charge in [-0.25, -0.2) is 5.32 Å². The molecular weight excluding hydrogens is 228 g/mol. The summed E-state index contributed by atoms with van der Waals surface area (Å²) in [7, 11) is 0. The predicted octanol–water partition coefficient (Wildman–Crippen LogP) is 3.21. The summed E-state index contributed by atoms with van der Waals surface area (Å²) in [4.78, 5) is 0. The van der Waals surface area contributed by atoms with Crippen molar-refractivity contribution in [3.8, 4) is 0 Å². The summed E-state index contributed by atoms with van der Waals surface area (Å²) in [5, 5.41) is 2.46. The topological polar surface area (TPSA) is 12.0 Å². The van der Waals surface area contributed by atoms with Crippen LogP contribution in [0.3, 0.4) is 0 Å². The van der Waals surface area contributed by atoms with Crippen molar-refractivity contribution in [3.63, 3.8) is 0 Å². The monoisotopic (exact) mass is 233 g/mol. The zero-order valence-electron chi connectivity index (χ0n) is 5.58. The van der Waals surface area contributed by atoms with E-state index in [1.165, 1.54) is 12.2 Å². The Bertz CT molecular complexity index is 146. The van der Waals surface area contributed by atoms with E-state index in [2.05, 4.69) is 18.5 Å². The van der Waals surface area contributed by atoms with E-state index >= 15 is 0 Å². The molecule has 0 aliphatic heterocycles. The van der Waals surface area contributed by atoms with Gasteiger partial charge in [0, 0.05) is 0 Å². The number of alkyl halides is 4. The lowest BCUT2D eigenvalue weighted by molar-refractivity contribution is 0.657. The Balaban J connectivity index is 4.23. The highest BCUT2D eigenvalue weighted by atomic mass is 35.5. The van der Waals surface area contributed by atoms with E-state index in [0.717, 1.165) is 0 Å². The standard InChI is InChI=1S/C6H7Cl4N/c1-3-5(7,8)11-6(9,10)4-2/h3-4,11H,1-2H2. The van der Waals surface area contributed by atoms with Gasteiger partial charge in [0.25, 0.3) is 0 Å². The zero-order chi connectivity index (χ0) is 9.12. The van der Waals surface area contributed by atoms with Gasteiger partial charge in [0.1, 0.15) is 0 Å². The molecule has 0 aromatic rings. The van der Waals surface area contributed by atoms with Crippen LogP contribution in [-0.4, -0.2) is 8.91 Å².